The first-order valence-electron chi connectivity index (χ1n) is 8.75. The SMILES string of the molecule is COc1cccc(CC2CN(C(=O)c3cc4ccccc4o3)CCO2)c1. The van der Waals surface area contributed by atoms with Gasteiger partial charge in [-0.2, -0.15) is 0 Å². The Morgan fingerprint density at radius 2 is 2.08 bits per heavy atom. The van der Waals surface area contributed by atoms with Gasteiger partial charge in [0.2, 0.25) is 0 Å². The molecule has 0 saturated carbocycles. The standard InChI is InChI=1S/C21H21NO4/c1-24-17-7-4-5-15(11-17)12-18-14-22(9-10-25-18)21(23)20-13-16-6-2-3-8-19(16)26-20/h2-8,11,13,18H,9-10,12,14H2,1H3. The summed E-state index contributed by atoms with van der Waals surface area (Å²) in [4.78, 5) is 14.6. The molecule has 0 aliphatic carbocycles. The summed E-state index contributed by atoms with van der Waals surface area (Å²) in [6.07, 6.45) is 0.699. The number of rotatable bonds is 4. The van der Waals surface area contributed by atoms with Crippen LogP contribution in [-0.4, -0.2) is 43.7 Å². The molecular formula is C21H21NO4. The highest BCUT2D eigenvalue weighted by Crippen LogP contribution is 2.22. The fraction of sp³-hybridized carbons (Fsp3) is 0.286. The number of nitrogens with zero attached hydrogens (tertiary/aromatic N) is 1. The number of morpholine rings is 1. The van der Waals surface area contributed by atoms with Gasteiger partial charge in [0.25, 0.3) is 5.91 Å². The van der Waals surface area contributed by atoms with Crippen LogP contribution in [0.1, 0.15) is 16.1 Å². The molecule has 26 heavy (non-hydrogen) atoms. The first kappa shape index (κ1) is 16.7. The van der Waals surface area contributed by atoms with Crippen LogP contribution in [0.4, 0.5) is 0 Å². The summed E-state index contributed by atoms with van der Waals surface area (Å²) >= 11 is 0. The average Bonchev–Trinajstić information content (AvgIpc) is 3.12. The van der Waals surface area contributed by atoms with Gasteiger partial charge in [-0.25, -0.2) is 0 Å². The first-order chi connectivity index (χ1) is 12.7. The number of carbonyl (C=O) groups is 1. The molecule has 0 spiro atoms. The summed E-state index contributed by atoms with van der Waals surface area (Å²) in [5.41, 5.74) is 1.87. The monoisotopic (exact) mass is 351 g/mol. The van der Waals surface area contributed by atoms with Gasteiger partial charge in [-0.05, 0) is 29.8 Å². The van der Waals surface area contributed by atoms with E-state index >= 15 is 0 Å². The highest BCUT2D eigenvalue weighted by atomic mass is 16.5. The Hall–Kier alpha value is -2.79. The highest BCUT2D eigenvalue weighted by Gasteiger charge is 2.27. The smallest absolute Gasteiger partial charge is 0.289 e. The molecule has 1 saturated heterocycles. The van der Waals surface area contributed by atoms with Gasteiger partial charge in [-0.3, -0.25) is 4.79 Å². The summed E-state index contributed by atoms with van der Waals surface area (Å²) in [6.45, 7) is 1.65. The number of hydrogen-bond acceptors (Lipinski definition) is 4. The topological polar surface area (TPSA) is 51.9 Å². The zero-order valence-corrected chi connectivity index (χ0v) is 14.7. The number of benzene rings is 2. The molecule has 1 unspecified atom stereocenters. The molecule has 1 aliphatic heterocycles. The summed E-state index contributed by atoms with van der Waals surface area (Å²) in [6, 6.07) is 17.4. The fourth-order valence-corrected chi connectivity index (χ4v) is 3.33. The summed E-state index contributed by atoms with van der Waals surface area (Å²) in [5.74, 6) is 1.13. The molecule has 5 nitrogen and oxygen atoms in total. The number of para-hydroxylation sites is 1. The van der Waals surface area contributed by atoms with Crippen molar-refractivity contribution in [3.05, 3.63) is 65.9 Å². The van der Waals surface area contributed by atoms with Gasteiger partial charge < -0.3 is 18.8 Å². The third-order valence-electron chi connectivity index (χ3n) is 4.66. The third-order valence-corrected chi connectivity index (χ3v) is 4.66. The van der Waals surface area contributed by atoms with Crippen molar-refractivity contribution in [2.24, 2.45) is 0 Å². The van der Waals surface area contributed by atoms with Crippen molar-refractivity contribution in [2.45, 2.75) is 12.5 Å². The molecule has 2 aromatic carbocycles. The predicted molar refractivity (Wildman–Crippen MR) is 98.6 cm³/mol. The van der Waals surface area contributed by atoms with Crippen molar-refractivity contribution in [3.63, 3.8) is 0 Å². The Morgan fingerprint density at radius 1 is 1.19 bits per heavy atom. The van der Waals surface area contributed by atoms with E-state index in [-0.39, 0.29) is 12.0 Å². The molecule has 1 aliphatic rings. The maximum atomic E-state index is 12.8. The van der Waals surface area contributed by atoms with Crippen LogP contribution >= 0.6 is 0 Å². The second-order valence-corrected chi connectivity index (χ2v) is 6.45. The zero-order chi connectivity index (χ0) is 17.9. The van der Waals surface area contributed by atoms with Crippen molar-refractivity contribution in [1.82, 2.24) is 4.90 Å². The van der Waals surface area contributed by atoms with Gasteiger partial charge in [0.15, 0.2) is 5.76 Å². The van der Waals surface area contributed by atoms with Crippen LogP contribution < -0.4 is 4.74 Å². The van der Waals surface area contributed by atoms with Gasteiger partial charge in [-0.15, -0.1) is 0 Å². The van der Waals surface area contributed by atoms with E-state index < -0.39 is 0 Å². The van der Waals surface area contributed by atoms with Crippen LogP contribution in [0.2, 0.25) is 0 Å². The Bertz CT molecular complexity index is 884. The molecule has 0 N–H and O–H groups in total. The lowest BCUT2D eigenvalue weighted by molar-refractivity contribution is -0.0217. The van der Waals surface area contributed by atoms with Crippen LogP contribution in [0.15, 0.2) is 59.0 Å². The number of carbonyl (C=O) groups excluding carboxylic acids is 1. The van der Waals surface area contributed by atoms with Gasteiger partial charge in [0.1, 0.15) is 11.3 Å². The normalized spacial score (nSPS) is 17.4. The van der Waals surface area contributed by atoms with E-state index in [9.17, 15) is 4.79 Å². The fourth-order valence-electron chi connectivity index (χ4n) is 3.33. The lowest BCUT2D eigenvalue weighted by Gasteiger charge is -2.32. The summed E-state index contributed by atoms with van der Waals surface area (Å²) in [7, 11) is 1.66. The molecule has 1 fully saturated rings. The van der Waals surface area contributed by atoms with Crippen molar-refractivity contribution in [2.75, 3.05) is 26.8 Å². The Kier molecular flexibility index (Phi) is 4.63. The zero-order valence-electron chi connectivity index (χ0n) is 14.7. The van der Waals surface area contributed by atoms with E-state index in [1.54, 1.807) is 7.11 Å². The second-order valence-electron chi connectivity index (χ2n) is 6.45. The van der Waals surface area contributed by atoms with Gasteiger partial charge in [0.05, 0.1) is 19.8 Å². The molecule has 0 radical (unpaired) electrons. The number of ether oxygens (including phenoxy) is 2. The van der Waals surface area contributed by atoms with E-state index in [0.717, 1.165) is 28.7 Å². The predicted octanol–water partition coefficient (Wildman–Crippen LogP) is 3.53. The number of fused-ring (bicyclic) bond motifs is 1. The summed E-state index contributed by atoms with van der Waals surface area (Å²) in [5, 5.41) is 0.942. The van der Waals surface area contributed by atoms with E-state index in [1.807, 2.05) is 59.5 Å². The summed E-state index contributed by atoms with van der Waals surface area (Å²) < 4.78 is 16.9. The highest BCUT2D eigenvalue weighted by molar-refractivity contribution is 5.96. The van der Waals surface area contributed by atoms with Gasteiger partial charge in [-0.1, -0.05) is 30.3 Å². The van der Waals surface area contributed by atoms with Gasteiger partial charge in [0, 0.05) is 24.9 Å². The van der Waals surface area contributed by atoms with Crippen molar-refractivity contribution in [1.29, 1.82) is 0 Å². The van der Waals surface area contributed by atoms with Crippen molar-refractivity contribution < 1.29 is 18.7 Å². The molecule has 1 atom stereocenters. The maximum Gasteiger partial charge on any atom is 0.289 e. The number of amides is 1. The lowest BCUT2D eigenvalue weighted by atomic mass is 10.1. The number of hydrogen-bond donors (Lipinski definition) is 0. The van der Waals surface area contributed by atoms with Crippen LogP contribution in [-0.2, 0) is 11.2 Å². The van der Waals surface area contributed by atoms with E-state index in [4.69, 9.17) is 13.9 Å². The van der Waals surface area contributed by atoms with Gasteiger partial charge >= 0.3 is 0 Å². The maximum absolute atomic E-state index is 12.8. The van der Waals surface area contributed by atoms with E-state index in [0.29, 0.717) is 25.5 Å². The number of furan rings is 1. The Labute approximate surface area is 152 Å². The van der Waals surface area contributed by atoms with Crippen molar-refractivity contribution >= 4 is 16.9 Å². The third kappa shape index (κ3) is 3.44. The minimum atomic E-state index is -0.0832. The largest absolute Gasteiger partial charge is 0.497 e. The molecule has 1 amide bonds. The Balaban J connectivity index is 1.46. The molecule has 5 heteroatoms. The van der Waals surface area contributed by atoms with E-state index in [2.05, 4.69) is 0 Å². The molecular weight excluding hydrogens is 330 g/mol. The molecule has 3 aromatic rings. The van der Waals surface area contributed by atoms with Crippen LogP contribution in [0, 0.1) is 0 Å². The first-order valence-corrected chi connectivity index (χ1v) is 8.75. The van der Waals surface area contributed by atoms with E-state index in [1.165, 1.54) is 0 Å². The number of methoxy groups -OCH3 is 1. The minimum absolute atomic E-state index is 0.0378. The molecule has 4 rings (SSSR count). The molecule has 1 aromatic heterocycles. The van der Waals surface area contributed by atoms with Crippen LogP contribution in [0.3, 0.4) is 0 Å². The minimum Gasteiger partial charge on any atom is -0.497 e. The van der Waals surface area contributed by atoms with Crippen LogP contribution in [0.25, 0.3) is 11.0 Å². The van der Waals surface area contributed by atoms with Crippen molar-refractivity contribution in [3.8, 4) is 5.75 Å². The second kappa shape index (κ2) is 7.22. The average molecular weight is 351 g/mol. The molecule has 134 valence electrons. The molecule has 2 heterocycles. The molecule has 0 bridgehead atoms. The Morgan fingerprint density at radius 3 is 2.92 bits per heavy atom. The lowest BCUT2D eigenvalue weighted by Crippen LogP contribution is -2.46. The van der Waals surface area contributed by atoms with Crippen LogP contribution in [0.5, 0.6) is 5.75 Å². The quantitative estimate of drug-likeness (QED) is 0.722.